The molecule has 26 heavy (non-hydrogen) atoms. The first-order chi connectivity index (χ1) is 12.5. The Morgan fingerprint density at radius 1 is 0.923 bits per heavy atom. The molecule has 0 aliphatic carbocycles. The van der Waals surface area contributed by atoms with Gasteiger partial charge in [0.2, 0.25) is 0 Å². The molecule has 136 valence electrons. The first-order valence-corrected chi connectivity index (χ1v) is 9.09. The van der Waals surface area contributed by atoms with Crippen molar-refractivity contribution in [2.24, 2.45) is 0 Å². The van der Waals surface area contributed by atoms with Crippen LogP contribution in [0.25, 0.3) is 0 Å². The van der Waals surface area contributed by atoms with Gasteiger partial charge in [0.15, 0.2) is 5.78 Å². The lowest BCUT2D eigenvalue weighted by Crippen LogP contribution is -2.51. The molecule has 7 heteroatoms. The lowest BCUT2D eigenvalue weighted by molar-refractivity contribution is 0.0884. The number of halogens is 2. The average Bonchev–Trinajstić information content (AvgIpc) is 2.63. The van der Waals surface area contributed by atoms with Gasteiger partial charge in [0, 0.05) is 47.5 Å². The van der Waals surface area contributed by atoms with Crippen LogP contribution in [0.15, 0.2) is 48.5 Å². The maximum atomic E-state index is 12.3. The number of amides is 2. The van der Waals surface area contributed by atoms with Crippen molar-refractivity contribution in [2.75, 3.05) is 38.0 Å². The summed E-state index contributed by atoms with van der Waals surface area (Å²) in [5.74, 6) is 0.0542. The highest BCUT2D eigenvalue weighted by atomic mass is 35.5. The molecule has 2 aromatic carbocycles. The lowest BCUT2D eigenvalue weighted by atomic mass is 10.1. The molecule has 0 bridgehead atoms. The van der Waals surface area contributed by atoms with Gasteiger partial charge in [-0.25, -0.2) is 4.79 Å². The summed E-state index contributed by atoms with van der Waals surface area (Å²) in [6, 6.07) is 13.8. The van der Waals surface area contributed by atoms with Crippen molar-refractivity contribution < 1.29 is 9.59 Å². The van der Waals surface area contributed by atoms with E-state index in [2.05, 4.69) is 10.2 Å². The van der Waals surface area contributed by atoms with Gasteiger partial charge in [-0.2, -0.15) is 0 Å². The Balaban J connectivity index is 1.48. The van der Waals surface area contributed by atoms with Gasteiger partial charge in [-0.3, -0.25) is 9.69 Å². The molecule has 0 radical (unpaired) electrons. The highest BCUT2D eigenvalue weighted by Gasteiger charge is 2.22. The number of urea groups is 1. The Hall–Kier alpha value is -2.08. The van der Waals surface area contributed by atoms with Crippen molar-refractivity contribution in [3.8, 4) is 0 Å². The number of hydrogen-bond donors (Lipinski definition) is 1. The molecule has 0 saturated carbocycles. The van der Waals surface area contributed by atoms with Crippen LogP contribution in [0, 0.1) is 0 Å². The molecule has 1 N–H and O–H groups in total. The predicted molar refractivity (Wildman–Crippen MR) is 104 cm³/mol. The van der Waals surface area contributed by atoms with Crippen LogP contribution in [0.5, 0.6) is 0 Å². The fraction of sp³-hybridized carbons (Fsp3) is 0.263. The number of hydrogen-bond acceptors (Lipinski definition) is 3. The minimum absolute atomic E-state index is 0.0542. The van der Waals surface area contributed by atoms with E-state index in [9.17, 15) is 9.59 Å². The van der Waals surface area contributed by atoms with Crippen LogP contribution >= 0.6 is 23.2 Å². The van der Waals surface area contributed by atoms with Crippen molar-refractivity contribution >= 4 is 40.7 Å². The van der Waals surface area contributed by atoms with Gasteiger partial charge in [-0.15, -0.1) is 0 Å². The maximum absolute atomic E-state index is 12.3. The van der Waals surface area contributed by atoms with E-state index in [1.54, 1.807) is 53.4 Å². The van der Waals surface area contributed by atoms with Crippen LogP contribution in [0.3, 0.4) is 0 Å². The van der Waals surface area contributed by atoms with Crippen LogP contribution < -0.4 is 5.32 Å². The number of nitrogens with zero attached hydrogens (tertiary/aromatic N) is 2. The number of anilines is 1. The zero-order valence-corrected chi connectivity index (χ0v) is 15.6. The molecule has 1 fully saturated rings. The summed E-state index contributed by atoms with van der Waals surface area (Å²) in [6.07, 6.45) is 0. The zero-order valence-electron chi connectivity index (χ0n) is 14.1. The Morgan fingerprint density at radius 2 is 1.62 bits per heavy atom. The molecule has 0 atom stereocenters. The van der Waals surface area contributed by atoms with E-state index in [1.807, 2.05) is 0 Å². The molecule has 0 aromatic heterocycles. The fourth-order valence-corrected chi connectivity index (χ4v) is 3.12. The smallest absolute Gasteiger partial charge is 0.321 e. The monoisotopic (exact) mass is 391 g/mol. The second kappa shape index (κ2) is 8.54. The van der Waals surface area contributed by atoms with Gasteiger partial charge in [0.25, 0.3) is 0 Å². The topological polar surface area (TPSA) is 52.7 Å². The number of piperazine rings is 1. The van der Waals surface area contributed by atoms with Gasteiger partial charge in [-0.05, 0) is 42.5 Å². The zero-order chi connectivity index (χ0) is 18.5. The Kier molecular flexibility index (Phi) is 6.14. The molecule has 2 aromatic rings. The minimum atomic E-state index is -0.157. The van der Waals surface area contributed by atoms with Crippen molar-refractivity contribution in [3.63, 3.8) is 0 Å². The molecule has 1 heterocycles. The number of carbonyl (C=O) groups excluding carboxylic acids is 2. The first-order valence-electron chi connectivity index (χ1n) is 8.34. The highest BCUT2D eigenvalue weighted by molar-refractivity contribution is 6.31. The van der Waals surface area contributed by atoms with Crippen LogP contribution in [0.4, 0.5) is 10.5 Å². The standard InChI is InChI=1S/C19H19Cl2N3O2/c20-15-6-4-14(5-7-15)18(25)13-23-8-10-24(11-9-23)19(26)22-17-3-1-2-16(21)12-17/h1-7,12H,8-11,13H2,(H,22,26). The van der Waals surface area contributed by atoms with Crippen molar-refractivity contribution in [3.05, 3.63) is 64.1 Å². The van der Waals surface area contributed by atoms with Crippen molar-refractivity contribution in [2.45, 2.75) is 0 Å². The van der Waals surface area contributed by atoms with Crippen LogP contribution in [-0.4, -0.2) is 54.3 Å². The van der Waals surface area contributed by atoms with Gasteiger partial charge in [-0.1, -0.05) is 29.3 Å². The van der Waals surface area contributed by atoms with E-state index >= 15 is 0 Å². The summed E-state index contributed by atoms with van der Waals surface area (Å²) < 4.78 is 0. The molecule has 3 rings (SSSR count). The molecule has 1 aliphatic rings. The van der Waals surface area contributed by atoms with Gasteiger partial charge in [0.1, 0.15) is 0 Å². The second-order valence-electron chi connectivity index (χ2n) is 6.13. The Labute approximate surface area is 162 Å². The lowest BCUT2D eigenvalue weighted by Gasteiger charge is -2.34. The predicted octanol–water partition coefficient (Wildman–Crippen LogP) is 4.03. The molecule has 2 amide bonds. The average molecular weight is 392 g/mol. The highest BCUT2D eigenvalue weighted by Crippen LogP contribution is 2.16. The minimum Gasteiger partial charge on any atom is -0.322 e. The summed E-state index contributed by atoms with van der Waals surface area (Å²) in [4.78, 5) is 28.5. The summed E-state index contributed by atoms with van der Waals surface area (Å²) in [5.41, 5.74) is 1.32. The molecule has 0 spiro atoms. The summed E-state index contributed by atoms with van der Waals surface area (Å²) >= 11 is 11.8. The molecule has 1 aliphatic heterocycles. The second-order valence-corrected chi connectivity index (χ2v) is 7.01. The number of Topliss-reactive ketones (excluding diaryl/α,β-unsaturated/α-hetero) is 1. The van der Waals surface area contributed by atoms with Crippen LogP contribution in [0.1, 0.15) is 10.4 Å². The fourth-order valence-electron chi connectivity index (χ4n) is 2.81. The van der Waals surface area contributed by atoms with E-state index in [0.29, 0.717) is 54.0 Å². The largest absolute Gasteiger partial charge is 0.322 e. The van der Waals surface area contributed by atoms with E-state index in [-0.39, 0.29) is 11.8 Å². The first kappa shape index (κ1) is 18.7. The number of rotatable bonds is 4. The van der Waals surface area contributed by atoms with Gasteiger partial charge in [0.05, 0.1) is 6.54 Å². The number of benzene rings is 2. The third-order valence-electron chi connectivity index (χ3n) is 4.27. The molecular formula is C19H19Cl2N3O2. The summed E-state index contributed by atoms with van der Waals surface area (Å²) in [7, 11) is 0. The quantitative estimate of drug-likeness (QED) is 0.800. The number of carbonyl (C=O) groups is 2. The Morgan fingerprint density at radius 3 is 2.27 bits per heavy atom. The van der Waals surface area contributed by atoms with E-state index in [4.69, 9.17) is 23.2 Å². The summed E-state index contributed by atoms with van der Waals surface area (Å²) in [5, 5.41) is 4.03. The van der Waals surface area contributed by atoms with Gasteiger partial charge < -0.3 is 10.2 Å². The van der Waals surface area contributed by atoms with Gasteiger partial charge >= 0.3 is 6.03 Å². The van der Waals surface area contributed by atoms with Crippen LogP contribution in [-0.2, 0) is 0 Å². The van der Waals surface area contributed by atoms with E-state index in [1.165, 1.54) is 0 Å². The van der Waals surface area contributed by atoms with Crippen molar-refractivity contribution in [1.29, 1.82) is 0 Å². The normalized spacial score (nSPS) is 14.9. The third-order valence-corrected chi connectivity index (χ3v) is 4.76. The Bertz CT molecular complexity index is 788. The van der Waals surface area contributed by atoms with Crippen molar-refractivity contribution in [1.82, 2.24) is 9.80 Å². The number of nitrogens with one attached hydrogen (secondary N) is 1. The number of ketones is 1. The van der Waals surface area contributed by atoms with E-state index < -0.39 is 0 Å². The van der Waals surface area contributed by atoms with Crippen LogP contribution in [0.2, 0.25) is 10.0 Å². The summed E-state index contributed by atoms with van der Waals surface area (Å²) in [6.45, 7) is 2.79. The molecule has 1 saturated heterocycles. The molecular weight excluding hydrogens is 373 g/mol. The third kappa shape index (κ3) is 4.97. The SMILES string of the molecule is O=C(CN1CCN(C(=O)Nc2cccc(Cl)c2)CC1)c1ccc(Cl)cc1. The molecule has 0 unspecified atom stereocenters. The molecule has 5 nitrogen and oxygen atoms in total. The van der Waals surface area contributed by atoms with E-state index in [0.717, 1.165) is 0 Å². The maximum Gasteiger partial charge on any atom is 0.321 e.